The first-order valence-electron chi connectivity index (χ1n) is 10.2. The van der Waals surface area contributed by atoms with Gasteiger partial charge in [0.15, 0.2) is 0 Å². The number of hydrogen-bond acceptors (Lipinski definition) is 3. The van der Waals surface area contributed by atoms with Crippen molar-refractivity contribution < 1.29 is 14.6 Å². The van der Waals surface area contributed by atoms with Crippen LogP contribution >= 0.6 is 0 Å². The van der Waals surface area contributed by atoms with E-state index in [1.165, 1.54) is 64.2 Å². The van der Waals surface area contributed by atoms with Gasteiger partial charge in [-0.3, -0.25) is 4.90 Å². The first kappa shape index (κ1) is 20.0. The molecule has 0 radical (unpaired) electrons. The van der Waals surface area contributed by atoms with Gasteiger partial charge in [-0.15, -0.1) is 0 Å². The second kappa shape index (κ2) is 11.3. The van der Waals surface area contributed by atoms with Crippen LogP contribution in [0.1, 0.15) is 77.6 Å². The lowest BCUT2D eigenvalue weighted by Crippen LogP contribution is -2.46. The molecule has 0 spiro atoms. The van der Waals surface area contributed by atoms with Crippen LogP contribution in [0.15, 0.2) is 23.8 Å². The Morgan fingerprint density at radius 1 is 1.12 bits per heavy atom. The minimum absolute atomic E-state index is 0.213. The van der Waals surface area contributed by atoms with Crippen LogP contribution in [0.4, 0.5) is 4.79 Å². The van der Waals surface area contributed by atoms with Crippen LogP contribution in [-0.4, -0.2) is 41.4 Å². The van der Waals surface area contributed by atoms with Crippen LogP contribution in [0.2, 0.25) is 0 Å². The van der Waals surface area contributed by atoms with E-state index in [-0.39, 0.29) is 12.1 Å². The molecule has 142 valence electrons. The fourth-order valence-corrected chi connectivity index (χ4v) is 3.62. The maximum absolute atomic E-state index is 11.5. The van der Waals surface area contributed by atoms with E-state index in [4.69, 9.17) is 4.74 Å². The highest BCUT2D eigenvalue weighted by Gasteiger charge is 2.40. The third-order valence-electron chi connectivity index (χ3n) is 5.28. The molecule has 1 N–H and O–H groups in total. The monoisotopic (exact) mass is 349 g/mol. The summed E-state index contributed by atoms with van der Waals surface area (Å²) in [6.07, 6.45) is 19.8. The Labute approximate surface area is 152 Å². The van der Waals surface area contributed by atoms with Gasteiger partial charge in [-0.25, -0.2) is 4.79 Å². The average molecular weight is 350 g/mol. The van der Waals surface area contributed by atoms with Crippen LogP contribution in [-0.2, 0) is 4.74 Å². The maximum Gasteiger partial charge on any atom is 0.410 e. The van der Waals surface area contributed by atoms with Crippen molar-refractivity contribution in [1.82, 2.24) is 4.90 Å². The number of rotatable bonds is 12. The Kier molecular flexibility index (Phi) is 9.09. The minimum atomic E-state index is -0.621. The van der Waals surface area contributed by atoms with E-state index in [0.29, 0.717) is 13.2 Å². The van der Waals surface area contributed by atoms with Gasteiger partial charge in [0.05, 0.1) is 6.04 Å². The Morgan fingerprint density at radius 3 is 2.44 bits per heavy atom. The third-order valence-corrected chi connectivity index (χ3v) is 5.28. The van der Waals surface area contributed by atoms with Crippen LogP contribution in [0, 0.1) is 0 Å². The predicted molar refractivity (Wildman–Crippen MR) is 102 cm³/mol. The molecule has 0 aromatic carbocycles. The molecule has 0 aromatic heterocycles. The zero-order valence-electron chi connectivity index (χ0n) is 15.8. The van der Waals surface area contributed by atoms with Crippen LogP contribution < -0.4 is 0 Å². The number of aliphatic hydroxyl groups excluding tert-OH is 1. The first-order valence-corrected chi connectivity index (χ1v) is 10.2. The summed E-state index contributed by atoms with van der Waals surface area (Å²) in [5, 5.41) is 10.3. The van der Waals surface area contributed by atoms with Crippen LogP contribution in [0.25, 0.3) is 0 Å². The van der Waals surface area contributed by atoms with E-state index in [9.17, 15) is 9.90 Å². The molecule has 2 aliphatic heterocycles. The van der Waals surface area contributed by atoms with Gasteiger partial charge in [0.1, 0.15) is 12.7 Å². The fourth-order valence-electron chi connectivity index (χ4n) is 3.62. The number of nitrogens with zero attached hydrogens (tertiary/aromatic N) is 1. The van der Waals surface area contributed by atoms with Gasteiger partial charge in [-0.1, -0.05) is 82.9 Å². The second-order valence-electron chi connectivity index (χ2n) is 7.32. The van der Waals surface area contributed by atoms with Gasteiger partial charge >= 0.3 is 6.09 Å². The predicted octanol–water partition coefficient (Wildman–Crippen LogP) is 4.98. The molecule has 2 atom stereocenters. The van der Waals surface area contributed by atoms with Crippen molar-refractivity contribution in [2.24, 2.45) is 0 Å². The molecule has 0 bridgehead atoms. The van der Waals surface area contributed by atoms with Gasteiger partial charge in [-0.05, 0) is 18.4 Å². The highest BCUT2D eigenvalue weighted by Crippen LogP contribution is 2.25. The van der Waals surface area contributed by atoms with Crippen molar-refractivity contribution in [1.29, 1.82) is 0 Å². The summed E-state index contributed by atoms with van der Waals surface area (Å²) < 4.78 is 5.01. The van der Waals surface area contributed by atoms with Crippen molar-refractivity contribution >= 4 is 6.09 Å². The van der Waals surface area contributed by atoms with Gasteiger partial charge in [0, 0.05) is 6.54 Å². The lowest BCUT2D eigenvalue weighted by atomic mass is 9.97. The number of carbonyl (C=O) groups excluding carboxylic acids is 1. The van der Waals surface area contributed by atoms with E-state index in [0.717, 1.165) is 12.0 Å². The molecular formula is C21H35NO3. The van der Waals surface area contributed by atoms with Crippen LogP contribution in [0.3, 0.4) is 0 Å². The van der Waals surface area contributed by atoms with Crippen molar-refractivity contribution in [2.45, 2.75) is 89.7 Å². The second-order valence-corrected chi connectivity index (χ2v) is 7.32. The number of fused-ring (bicyclic) bond motifs is 1. The standard InChI is InChI=1S/C21H35NO3/c1-2-3-4-5-6-7-8-9-10-11-12-13-14-18-15-16-22-19(20(18)23)17-25-21(22)24/h13-15,19-20,23H,2-12,16-17H2,1H3/b14-13+/t19-,20+/m0/s1. The summed E-state index contributed by atoms with van der Waals surface area (Å²) in [5.74, 6) is 0. The molecule has 2 aliphatic rings. The number of cyclic esters (lactones) is 1. The maximum atomic E-state index is 11.5. The van der Waals surface area contributed by atoms with E-state index in [2.05, 4.69) is 13.0 Å². The summed E-state index contributed by atoms with van der Waals surface area (Å²) in [6.45, 7) is 3.10. The molecule has 1 fully saturated rings. The molecule has 0 unspecified atom stereocenters. The molecular weight excluding hydrogens is 314 g/mol. The highest BCUT2D eigenvalue weighted by atomic mass is 16.6. The highest BCUT2D eigenvalue weighted by molar-refractivity contribution is 5.71. The Balaban J connectivity index is 1.51. The van der Waals surface area contributed by atoms with Gasteiger partial charge < -0.3 is 9.84 Å². The Morgan fingerprint density at radius 2 is 1.76 bits per heavy atom. The van der Waals surface area contributed by atoms with E-state index >= 15 is 0 Å². The number of amides is 1. The van der Waals surface area contributed by atoms with Crippen molar-refractivity contribution in [3.63, 3.8) is 0 Å². The number of allylic oxidation sites excluding steroid dienone is 1. The zero-order chi connectivity index (χ0) is 17.9. The number of carbonyl (C=O) groups is 1. The van der Waals surface area contributed by atoms with Crippen LogP contribution in [0.5, 0.6) is 0 Å². The molecule has 25 heavy (non-hydrogen) atoms. The lowest BCUT2D eigenvalue weighted by molar-refractivity contribution is 0.111. The van der Waals surface area contributed by atoms with E-state index < -0.39 is 6.10 Å². The van der Waals surface area contributed by atoms with E-state index in [1.807, 2.05) is 12.2 Å². The summed E-state index contributed by atoms with van der Waals surface area (Å²) in [6, 6.07) is -0.213. The molecule has 0 aliphatic carbocycles. The van der Waals surface area contributed by atoms with Gasteiger partial charge in [0.2, 0.25) is 0 Å². The smallest absolute Gasteiger partial charge is 0.410 e. The zero-order valence-corrected chi connectivity index (χ0v) is 15.8. The van der Waals surface area contributed by atoms with Gasteiger partial charge in [0.25, 0.3) is 0 Å². The number of ether oxygens (including phenoxy) is 1. The first-order chi connectivity index (χ1) is 12.2. The summed E-state index contributed by atoms with van der Waals surface area (Å²) in [7, 11) is 0. The quantitative estimate of drug-likeness (QED) is 0.506. The van der Waals surface area contributed by atoms with E-state index in [1.54, 1.807) is 4.90 Å². The Bertz CT molecular complexity index is 458. The van der Waals surface area contributed by atoms with Crippen molar-refractivity contribution in [3.8, 4) is 0 Å². The molecule has 2 heterocycles. The normalized spacial score (nSPS) is 23.0. The summed E-state index contributed by atoms with van der Waals surface area (Å²) in [4.78, 5) is 13.1. The lowest BCUT2D eigenvalue weighted by Gasteiger charge is -2.30. The molecule has 0 saturated carbocycles. The number of aliphatic hydroxyl groups is 1. The summed E-state index contributed by atoms with van der Waals surface area (Å²) in [5.41, 5.74) is 0.923. The molecule has 0 aromatic rings. The van der Waals surface area contributed by atoms with Crippen molar-refractivity contribution in [2.75, 3.05) is 13.2 Å². The molecule has 4 nitrogen and oxygen atoms in total. The molecule has 1 saturated heterocycles. The average Bonchev–Trinajstić information content (AvgIpc) is 2.99. The third kappa shape index (κ3) is 6.50. The largest absolute Gasteiger partial charge is 0.447 e. The number of unbranched alkanes of at least 4 members (excludes halogenated alkanes) is 10. The minimum Gasteiger partial charge on any atom is -0.447 e. The molecule has 1 amide bonds. The molecule has 2 rings (SSSR count). The van der Waals surface area contributed by atoms with Gasteiger partial charge in [-0.2, -0.15) is 0 Å². The molecule has 4 heteroatoms. The number of hydrogen-bond donors (Lipinski definition) is 1. The van der Waals surface area contributed by atoms with Crippen molar-refractivity contribution in [3.05, 3.63) is 23.8 Å². The topological polar surface area (TPSA) is 49.8 Å². The summed E-state index contributed by atoms with van der Waals surface area (Å²) >= 11 is 0. The SMILES string of the molecule is CCCCCCCCCCCC/C=C/C1=CCN2C(=O)OC[C@H]2[C@@H]1O. The Hall–Kier alpha value is -1.29. The fraction of sp³-hybridized carbons (Fsp3) is 0.762.